The van der Waals surface area contributed by atoms with Gasteiger partial charge in [-0.3, -0.25) is 0 Å². The van der Waals surface area contributed by atoms with Crippen molar-refractivity contribution >= 4 is 45.3 Å². The predicted molar refractivity (Wildman–Crippen MR) is 58.6 cm³/mol. The van der Waals surface area contributed by atoms with Crippen molar-refractivity contribution in [2.45, 2.75) is 0 Å². The van der Waals surface area contributed by atoms with Crippen LogP contribution in [0.1, 0.15) is 5.76 Å². The molecule has 0 aromatic carbocycles. The maximum Gasteiger partial charge on any atom is 0.367 e. The molecule has 0 saturated heterocycles. The van der Waals surface area contributed by atoms with Gasteiger partial charge in [0.1, 0.15) is 11.5 Å². The highest BCUT2D eigenvalue weighted by Gasteiger charge is 2.24. The van der Waals surface area contributed by atoms with Crippen LogP contribution in [-0.2, 0) is 9.63 Å². The molecule has 78 valence electrons. The number of halogens is 2. The van der Waals surface area contributed by atoms with Crippen LogP contribution < -0.4 is 0 Å². The average Bonchev–Trinajstić information content (AvgIpc) is 2.76. The largest absolute Gasteiger partial charge is 0.450 e. The Hall–Kier alpha value is -1.07. The van der Waals surface area contributed by atoms with Crippen molar-refractivity contribution in [3.63, 3.8) is 0 Å². The number of carbonyl (C=O) groups is 1. The maximum absolute atomic E-state index is 11.2. The molecular formula is C9H5BrClNO3. The van der Waals surface area contributed by atoms with Gasteiger partial charge in [-0.05, 0) is 34.1 Å². The first-order valence-electron chi connectivity index (χ1n) is 4.02. The van der Waals surface area contributed by atoms with Gasteiger partial charge in [-0.2, -0.15) is 0 Å². The third kappa shape index (κ3) is 2.13. The number of furan rings is 1. The van der Waals surface area contributed by atoms with Gasteiger partial charge in [-0.15, -0.1) is 11.6 Å². The van der Waals surface area contributed by atoms with E-state index in [2.05, 4.69) is 25.9 Å². The summed E-state index contributed by atoms with van der Waals surface area (Å²) in [7, 11) is 0. The van der Waals surface area contributed by atoms with E-state index in [1.807, 2.05) is 0 Å². The van der Waals surface area contributed by atoms with Gasteiger partial charge in [0.2, 0.25) is 0 Å². The van der Waals surface area contributed by atoms with Gasteiger partial charge in [0.05, 0.1) is 11.5 Å². The molecule has 1 aliphatic heterocycles. The second-order valence-corrected chi connectivity index (χ2v) is 3.80. The second-order valence-electron chi connectivity index (χ2n) is 2.75. The summed E-state index contributed by atoms with van der Waals surface area (Å²) >= 11 is 8.76. The molecule has 0 unspecified atom stereocenters. The summed E-state index contributed by atoms with van der Waals surface area (Å²) in [5.74, 6) is 0.145. The Bertz CT molecular complexity index is 464. The van der Waals surface area contributed by atoms with Gasteiger partial charge in [-0.1, -0.05) is 5.16 Å². The van der Waals surface area contributed by atoms with Crippen molar-refractivity contribution in [3.05, 3.63) is 28.1 Å². The molecule has 1 aromatic heterocycles. The molecule has 0 aliphatic carbocycles. The molecule has 2 rings (SSSR count). The Morgan fingerprint density at radius 1 is 1.53 bits per heavy atom. The first kappa shape index (κ1) is 10.4. The molecule has 0 atom stereocenters. The molecule has 0 fully saturated rings. The van der Waals surface area contributed by atoms with Crippen molar-refractivity contribution in [2.24, 2.45) is 5.16 Å². The number of nitrogens with zero attached hydrogens (tertiary/aromatic N) is 1. The lowest BCUT2D eigenvalue weighted by Gasteiger charge is -1.92. The normalized spacial score (nSPS) is 18.1. The van der Waals surface area contributed by atoms with Crippen molar-refractivity contribution < 1.29 is 14.0 Å². The first-order chi connectivity index (χ1) is 7.20. The van der Waals surface area contributed by atoms with E-state index in [1.54, 1.807) is 18.2 Å². The number of oxime groups is 1. The predicted octanol–water partition coefficient (Wildman–Crippen LogP) is 2.58. The molecular weight excluding hydrogens is 285 g/mol. The number of rotatable bonds is 2. The van der Waals surface area contributed by atoms with Crippen LogP contribution >= 0.6 is 27.5 Å². The topological polar surface area (TPSA) is 51.8 Å². The van der Waals surface area contributed by atoms with Crippen LogP contribution in [0.25, 0.3) is 6.08 Å². The second kappa shape index (κ2) is 4.20. The van der Waals surface area contributed by atoms with Gasteiger partial charge in [0.15, 0.2) is 4.67 Å². The van der Waals surface area contributed by atoms with E-state index in [4.69, 9.17) is 16.0 Å². The van der Waals surface area contributed by atoms with E-state index < -0.39 is 5.97 Å². The molecule has 0 N–H and O–H groups in total. The fourth-order valence-corrected chi connectivity index (χ4v) is 1.61. The summed E-state index contributed by atoms with van der Waals surface area (Å²) < 4.78 is 5.81. The van der Waals surface area contributed by atoms with E-state index in [0.29, 0.717) is 21.7 Å². The quantitative estimate of drug-likeness (QED) is 0.478. The van der Waals surface area contributed by atoms with Crippen LogP contribution in [0.3, 0.4) is 0 Å². The number of alkyl halides is 1. The summed E-state index contributed by atoms with van der Waals surface area (Å²) in [6.07, 6.45) is 1.54. The van der Waals surface area contributed by atoms with Crippen LogP contribution in [0.5, 0.6) is 0 Å². The van der Waals surface area contributed by atoms with E-state index in [-0.39, 0.29) is 5.88 Å². The summed E-state index contributed by atoms with van der Waals surface area (Å²) in [4.78, 5) is 15.7. The Balaban J connectivity index is 2.33. The monoisotopic (exact) mass is 289 g/mol. The zero-order valence-electron chi connectivity index (χ0n) is 7.37. The number of hydrogen-bond acceptors (Lipinski definition) is 4. The molecule has 15 heavy (non-hydrogen) atoms. The van der Waals surface area contributed by atoms with Crippen molar-refractivity contribution in [1.82, 2.24) is 0 Å². The van der Waals surface area contributed by atoms with E-state index in [9.17, 15) is 4.79 Å². The van der Waals surface area contributed by atoms with E-state index >= 15 is 0 Å². The van der Waals surface area contributed by atoms with Gasteiger partial charge in [0.25, 0.3) is 0 Å². The Morgan fingerprint density at radius 3 is 2.93 bits per heavy atom. The van der Waals surface area contributed by atoms with Gasteiger partial charge >= 0.3 is 5.97 Å². The first-order valence-corrected chi connectivity index (χ1v) is 5.35. The molecule has 0 spiro atoms. The Morgan fingerprint density at radius 2 is 2.33 bits per heavy atom. The third-order valence-electron chi connectivity index (χ3n) is 1.78. The molecule has 2 heterocycles. The molecule has 1 aliphatic rings. The van der Waals surface area contributed by atoms with Gasteiger partial charge in [-0.25, -0.2) is 4.79 Å². The fraction of sp³-hybridized carbons (Fsp3) is 0.111. The summed E-state index contributed by atoms with van der Waals surface area (Å²) in [5, 5.41) is 3.53. The summed E-state index contributed by atoms with van der Waals surface area (Å²) in [6.45, 7) is 0. The molecule has 0 amide bonds. The summed E-state index contributed by atoms with van der Waals surface area (Å²) in [5.41, 5.74) is 0.737. The fourth-order valence-electron chi connectivity index (χ4n) is 1.10. The highest BCUT2D eigenvalue weighted by molar-refractivity contribution is 9.10. The van der Waals surface area contributed by atoms with Gasteiger partial charge in [0, 0.05) is 0 Å². The van der Waals surface area contributed by atoms with Crippen molar-refractivity contribution in [3.8, 4) is 0 Å². The zero-order chi connectivity index (χ0) is 10.8. The van der Waals surface area contributed by atoms with Crippen LogP contribution in [0, 0.1) is 0 Å². The van der Waals surface area contributed by atoms with Crippen molar-refractivity contribution in [1.29, 1.82) is 0 Å². The lowest BCUT2D eigenvalue weighted by atomic mass is 10.1. The van der Waals surface area contributed by atoms with E-state index in [1.165, 1.54) is 0 Å². The Labute approximate surface area is 98.7 Å². The lowest BCUT2D eigenvalue weighted by Crippen LogP contribution is -2.06. The smallest absolute Gasteiger partial charge is 0.367 e. The highest BCUT2D eigenvalue weighted by Crippen LogP contribution is 2.20. The van der Waals surface area contributed by atoms with Crippen LogP contribution in [-0.4, -0.2) is 17.6 Å². The van der Waals surface area contributed by atoms with Crippen LogP contribution in [0.15, 0.2) is 31.9 Å². The summed E-state index contributed by atoms with van der Waals surface area (Å²) in [6, 6.07) is 3.44. The molecule has 1 aromatic rings. The minimum absolute atomic E-state index is 0.124. The third-order valence-corrected chi connectivity index (χ3v) is 2.46. The minimum atomic E-state index is -0.516. The maximum atomic E-state index is 11.2. The minimum Gasteiger partial charge on any atom is -0.450 e. The highest BCUT2D eigenvalue weighted by atomic mass is 79.9. The van der Waals surface area contributed by atoms with Crippen LogP contribution in [0.2, 0.25) is 0 Å². The molecule has 4 nitrogen and oxygen atoms in total. The van der Waals surface area contributed by atoms with Crippen molar-refractivity contribution in [2.75, 3.05) is 5.88 Å². The zero-order valence-corrected chi connectivity index (χ0v) is 9.71. The average molecular weight is 290 g/mol. The molecule has 6 heteroatoms. The Kier molecular flexibility index (Phi) is 2.93. The number of carbonyl (C=O) groups excluding carboxylic acids is 1. The molecule has 0 radical (unpaired) electrons. The molecule has 0 saturated carbocycles. The van der Waals surface area contributed by atoms with Crippen LogP contribution in [0.4, 0.5) is 0 Å². The van der Waals surface area contributed by atoms with Gasteiger partial charge < -0.3 is 9.25 Å². The number of hydrogen-bond donors (Lipinski definition) is 0. The SMILES string of the molecule is O=C1ON=C(CCl)/C1=C/c1ccc(Br)o1. The lowest BCUT2D eigenvalue weighted by molar-refractivity contribution is -0.136. The molecule has 0 bridgehead atoms. The standard InChI is InChI=1S/C9H5BrClNO3/c10-8-2-1-5(14-8)3-6-7(4-11)12-15-9(6)13/h1-3H,4H2/b6-3-. The van der Waals surface area contributed by atoms with E-state index in [0.717, 1.165) is 0 Å².